The van der Waals surface area contributed by atoms with E-state index in [0.717, 1.165) is 38.5 Å². The van der Waals surface area contributed by atoms with Crippen molar-refractivity contribution >= 4 is 11.8 Å². The Hall–Kier alpha value is -1.42. The first kappa shape index (κ1) is 27.6. The van der Waals surface area contributed by atoms with Crippen molar-refractivity contribution in [2.75, 3.05) is 13.2 Å². The van der Waals surface area contributed by atoms with Gasteiger partial charge in [-0.2, -0.15) is 0 Å². The number of Topliss-reactive ketones (excluding diaryl/α,β-unsaturated/α-hetero) is 1. The lowest BCUT2D eigenvalue weighted by Crippen LogP contribution is -2.27. The number of ketones is 1. The highest BCUT2D eigenvalue weighted by atomic mass is 16.5. The lowest BCUT2D eigenvalue weighted by atomic mass is 9.86. The van der Waals surface area contributed by atoms with Crippen molar-refractivity contribution in [2.45, 2.75) is 104 Å². The molecule has 1 rings (SSSR count). The van der Waals surface area contributed by atoms with Crippen LogP contribution in [0.2, 0.25) is 0 Å². The van der Waals surface area contributed by atoms with Crippen molar-refractivity contribution in [3.05, 3.63) is 24.8 Å². The van der Waals surface area contributed by atoms with Crippen LogP contribution in [0.15, 0.2) is 24.8 Å². The largest absolute Gasteiger partial charge is 0.463 e. The number of carbonyl (C=O) groups excluding carboxylic acids is 2. The maximum absolute atomic E-state index is 13.2. The predicted octanol–water partition coefficient (Wildman–Crippen LogP) is 6.83. The van der Waals surface area contributed by atoms with Gasteiger partial charge in [-0.3, -0.25) is 4.79 Å². The zero-order valence-electron chi connectivity index (χ0n) is 20.3. The number of hydrogen-bond acceptors (Lipinski definition) is 4. The van der Waals surface area contributed by atoms with Gasteiger partial charge in [0, 0.05) is 24.5 Å². The molecule has 1 saturated carbocycles. The van der Waals surface area contributed by atoms with E-state index in [1.807, 2.05) is 26.0 Å². The third-order valence-electron chi connectivity index (χ3n) is 6.45. The molecule has 2 unspecified atom stereocenters. The monoisotopic (exact) mass is 434 g/mol. The summed E-state index contributed by atoms with van der Waals surface area (Å²) >= 11 is 0. The molecule has 178 valence electrons. The Kier molecular flexibility index (Phi) is 15.3. The number of unbranched alkanes of at least 4 members (excludes halogenated alkanes) is 7. The van der Waals surface area contributed by atoms with Crippen LogP contribution in [0.25, 0.3) is 0 Å². The van der Waals surface area contributed by atoms with Crippen LogP contribution in [0.3, 0.4) is 0 Å². The average molecular weight is 435 g/mol. The first-order valence-corrected chi connectivity index (χ1v) is 12.7. The molecule has 0 aliphatic heterocycles. The number of ether oxygens (including phenoxy) is 2. The van der Waals surface area contributed by atoms with Crippen LogP contribution in [0.5, 0.6) is 0 Å². The highest BCUT2D eigenvalue weighted by Crippen LogP contribution is 2.42. The van der Waals surface area contributed by atoms with E-state index in [4.69, 9.17) is 9.47 Å². The minimum atomic E-state index is -0.276. The van der Waals surface area contributed by atoms with E-state index < -0.39 is 0 Å². The molecule has 0 saturated heterocycles. The van der Waals surface area contributed by atoms with Crippen molar-refractivity contribution in [3.8, 4) is 0 Å². The smallest absolute Gasteiger partial charge is 0.330 e. The van der Waals surface area contributed by atoms with Gasteiger partial charge >= 0.3 is 5.97 Å². The molecule has 0 radical (unpaired) electrons. The van der Waals surface area contributed by atoms with Crippen LogP contribution < -0.4 is 0 Å². The Labute approximate surface area is 190 Å². The molecule has 0 heterocycles. The minimum absolute atomic E-state index is 0.0312. The van der Waals surface area contributed by atoms with Crippen LogP contribution in [0.1, 0.15) is 97.8 Å². The van der Waals surface area contributed by atoms with Gasteiger partial charge < -0.3 is 9.47 Å². The average Bonchev–Trinajstić information content (AvgIpc) is 3.06. The Bertz CT molecular complexity index is 539. The molecule has 0 amide bonds. The fraction of sp³-hybridized carbons (Fsp3) is 0.778. The molecule has 4 nitrogen and oxygen atoms in total. The summed E-state index contributed by atoms with van der Waals surface area (Å²) in [6.45, 7) is 11.0. The summed E-state index contributed by atoms with van der Waals surface area (Å²) in [6.07, 6.45) is 18.7. The number of hydrogen-bond donors (Lipinski definition) is 0. The van der Waals surface area contributed by atoms with E-state index in [2.05, 4.69) is 13.5 Å². The molecule has 1 aliphatic carbocycles. The van der Waals surface area contributed by atoms with Crippen molar-refractivity contribution in [3.63, 3.8) is 0 Å². The molecule has 0 N–H and O–H groups in total. The molecule has 31 heavy (non-hydrogen) atoms. The molecule has 0 aromatic rings. The van der Waals surface area contributed by atoms with Gasteiger partial charge in [0.05, 0.1) is 12.7 Å². The normalized spacial score (nSPS) is 22.2. The Morgan fingerprint density at radius 3 is 2.42 bits per heavy atom. The second-order valence-electron chi connectivity index (χ2n) is 8.76. The van der Waals surface area contributed by atoms with Crippen molar-refractivity contribution in [1.82, 2.24) is 0 Å². The van der Waals surface area contributed by atoms with Gasteiger partial charge in [-0.1, -0.05) is 64.0 Å². The number of esters is 1. The first-order valence-electron chi connectivity index (χ1n) is 12.7. The van der Waals surface area contributed by atoms with Gasteiger partial charge in [-0.25, -0.2) is 4.79 Å². The summed E-state index contributed by atoms with van der Waals surface area (Å²) in [5.41, 5.74) is 0. The summed E-state index contributed by atoms with van der Waals surface area (Å²) in [7, 11) is 0. The SMILES string of the molecule is C=CC(OCC)C1C[C@H](CCCCCCCC)[C@@H](CCCCC=CC(=O)OCC)C1=O. The van der Waals surface area contributed by atoms with Gasteiger partial charge in [-0.05, 0) is 51.9 Å². The van der Waals surface area contributed by atoms with Gasteiger partial charge in [-0.15, -0.1) is 6.58 Å². The molecular weight excluding hydrogens is 388 g/mol. The third-order valence-corrected chi connectivity index (χ3v) is 6.45. The minimum Gasteiger partial charge on any atom is -0.463 e. The maximum Gasteiger partial charge on any atom is 0.330 e. The highest BCUT2D eigenvalue weighted by Gasteiger charge is 2.44. The van der Waals surface area contributed by atoms with E-state index in [1.54, 1.807) is 0 Å². The van der Waals surface area contributed by atoms with Crippen LogP contribution in [0.4, 0.5) is 0 Å². The van der Waals surface area contributed by atoms with E-state index in [9.17, 15) is 9.59 Å². The molecule has 1 aliphatic rings. The number of allylic oxidation sites excluding steroid dienone is 1. The van der Waals surface area contributed by atoms with Crippen molar-refractivity contribution in [1.29, 1.82) is 0 Å². The summed E-state index contributed by atoms with van der Waals surface area (Å²) in [5.74, 6) is 0.702. The molecule has 0 bridgehead atoms. The summed E-state index contributed by atoms with van der Waals surface area (Å²) in [4.78, 5) is 24.6. The van der Waals surface area contributed by atoms with Crippen LogP contribution in [0, 0.1) is 17.8 Å². The van der Waals surface area contributed by atoms with Crippen molar-refractivity contribution < 1.29 is 19.1 Å². The Morgan fingerprint density at radius 1 is 1.03 bits per heavy atom. The van der Waals surface area contributed by atoms with Crippen LogP contribution in [-0.2, 0) is 19.1 Å². The lowest BCUT2D eigenvalue weighted by molar-refractivity contribution is -0.137. The number of carbonyl (C=O) groups is 2. The molecule has 0 aromatic heterocycles. The number of rotatable bonds is 18. The van der Waals surface area contributed by atoms with E-state index >= 15 is 0 Å². The van der Waals surface area contributed by atoms with Gasteiger partial charge in [0.25, 0.3) is 0 Å². The topological polar surface area (TPSA) is 52.6 Å². The maximum atomic E-state index is 13.2. The lowest BCUT2D eigenvalue weighted by Gasteiger charge is -2.19. The van der Waals surface area contributed by atoms with E-state index in [1.165, 1.54) is 44.6 Å². The molecule has 4 atom stereocenters. The molecule has 4 heteroatoms. The van der Waals surface area contributed by atoms with Crippen molar-refractivity contribution in [2.24, 2.45) is 17.8 Å². The molecule has 0 aromatic carbocycles. The van der Waals surface area contributed by atoms with E-state index in [0.29, 0.717) is 24.9 Å². The fourth-order valence-electron chi connectivity index (χ4n) is 4.83. The highest BCUT2D eigenvalue weighted by molar-refractivity contribution is 5.86. The molecular formula is C27H46O4. The van der Waals surface area contributed by atoms with Crippen LogP contribution in [-0.4, -0.2) is 31.1 Å². The first-order chi connectivity index (χ1) is 15.1. The zero-order valence-corrected chi connectivity index (χ0v) is 20.3. The van der Waals surface area contributed by atoms with E-state index in [-0.39, 0.29) is 23.9 Å². The summed E-state index contributed by atoms with van der Waals surface area (Å²) in [5, 5.41) is 0. The predicted molar refractivity (Wildman–Crippen MR) is 128 cm³/mol. The second-order valence-corrected chi connectivity index (χ2v) is 8.76. The fourth-order valence-corrected chi connectivity index (χ4v) is 4.83. The van der Waals surface area contributed by atoms with Gasteiger partial charge in [0.1, 0.15) is 5.78 Å². The third kappa shape index (κ3) is 10.6. The van der Waals surface area contributed by atoms with Gasteiger partial charge in [0.15, 0.2) is 0 Å². The zero-order chi connectivity index (χ0) is 22.9. The molecule has 0 spiro atoms. The van der Waals surface area contributed by atoms with Gasteiger partial charge in [0.2, 0.25) is 0 Å². The Balaban J connectivity index is 2.55. The standard InChI is InChI=1S/C27H46O4/c1-5-9-10-11-12-15-18-22-21-24(25(6-2)30-7-3)27(29)23(22)19-16-13-14-17-20-26(28)31-8-4/h6,17,20,22-25H,2,5,7-16,18-19,21H2,1,3-4H3/t22-,23+,24?,25?/m0/s1. The summed E-state index contributed by atoms with van der Waals surface area (Å²) in [6, 6.07) is 0. The quantitative estimate of drug-likeness (QED) is 0.103. The summed E-state index contributed by atoms with van der Waals surface area (Å²) < 4.78 is 10.7. The second kappa shape index (κ2) is 17.2. The van der Waals surface area contributed by atoms with Crippen LogP contribution >= 0.6 is 0 Å². The Morgan fingerprint density at radius 2 is 1.74 bits per heavy atom. The molecule has 1 fully saturated rings.